The van der Waals surface area contributed by atoms with Crippen LogP contribution in [0.5, 0.6) is 0 Å². The minimum atomic E-state index is -0.169. The van der Waals surface area contributed by atoms with Gasteiger partial charge in [-0.3, -0.25) is 9.59 Å². The number of carbonyl (C=O) groups excluding carboxylic acids is 2. The molecule has 0 saturated heterocycles. The van der Waals surface area contributed by atoms with Crippen molar-refractivity contribution in [2.24, 2.45) is 0 Å². The fraction of sp³-hybridized carbons (Fsp3) is 0.176. The topological polar surface area (TPSA) is 49.4 Å². The number of likely N-dealkylation sites (N-methyl/N-ethyl adjacent to an activating group) is 1. The molecule has 1 aliphatic rings. The van der Waals surface area contributed by atoms with Crippen molar-refractivity contribution in [2.75, 3.05) is 16.8 Å². The van der Waals surface area contributed by atoms with Gasteiger partial charge >= 0.3 is 0 Å². The molecule has 2 amide bonds. The zero-order valence-corrected chi connectivity index (χ0v) is 13.7. The van der Waals surface area contributed by atoms with Gasteiger partial charge in [0, 0.05) is 28.0 Å². The number of anilines is 2. The summed E-state index contributed by atoms with van der Waals surface area (Å²) >= 11 is 3.35. The molecule has 1 aliphatic heterocycles. The second kappa shape index (κ2) is 5.93. The average Bonchev–Trinajstić information content (AvgIpc) is 2.81. The molecule has 4 nitrogen and oxygen atoms in total. The van der Waals surface area contributed by atoms with Gasteiger partial charge in [0.25, 0.3) is 5.91 Å². The van der Waals surface area contributed by atoms with E-state index in [-0.39, 0.29) is 11.8 Å². The summed E-state index contributed by atoms with van der Waals surface area (Å²) in [4.78, 5) is 25.9. The van der Waals surface area contributed by atoms with Gasteiger partial charge in [-0.05, 0) is 48.9 Å². The van der Waals surface area contributed by atoms with Crippen molar-refractivity contribution in [1.82, 2.24) is 0 Å². The van der Waals surface area contributed by atoms with Gasteiger partial charge in [-0.1, -0.05) is 22.0 Å². The van der Waals surface area contributed by atoms with Crippen LogP contribution in [0.2, 0.25) is 0 Å². The van der Waals surface area contributed by atoms with Crippen LogP contribution in [-0.4, -0.2) is 18.4 Å². The quantitative estimate of drug-likeness (QED) is 0.910. The van der Waals surface area contributed by atoms with Crippen LogP contribution in [0.25, 0.3) is 0 Å². The third-order valence-electron chi connectivity index (χ3n) is 3.67. The smallest absolute Gasteiger partial charge is 0.255 e. The Labute approximate surface area is 137 Å². The molecule has 0 spiro atoms. The Balaban J connectivity index is 1.82. The van der Waals surface area contributed by atoms with Gasteiger partial charge in [0.05, 0.1) is 6.42 Å². The average molecular weight is 359 g/mol. The summed E-state index contributed by atoms with van der Waals surface area (Å²) in [5.74, 6) is -0.0640. The van der Waals surface area contributed by atoms with E-state index in [1.54, 1.807) is 17.0 Å². The Morgan fingerprint density at radius 2 is 2.09 bits per heavy atom. The van der Waals surface area contributed by atoms with Crippen molar-refractivity contribution in [1.29, 1.82) is 0 Å². The molecule has 0 aromatic heterocycles. The van der Waals surface area contributed by atoms with E-state index in [1.807, 2.05) is 37.3 Å². The highest BCUT2D eigenvalue weighted by Gasteiger charge is 2.26. The maximum atomic E-state index is 12.2. The minimum absolute atomic E-state index is 0.105. The van der Waals surface area contributed by atoms with Gasteiger partial charge in [-0.2, -0.15) is 0 Å². The second-order valence-corrected chi connectivity index (χ2v) is 6.04. The molecule has 0 saturated carbocycles. The first-order valence-corrected chi connectivity index (χ1v) is 7.88. The number of fused-ring (bicyclic) bond motifs is 1. The van der Waals surface area contributed by atoms with Crippen LogP contribution < -0.4 is 10.2 Å². The molecule has 0 unspecified atom stereocenters. The normalized spacial score (nSPS) is 13.2. The summed E-state index contributed by atoms with van der Waals surface area (Å²) in [5, 5.41) is 2.87. The van der Waals surface area contributed by atoms with Crippen molar-refractivity contribution >= 4 is 39.1 Å². The molecule has 2 aromatic carbocycles. The predicted molar refractivity (Wildman–Crippen MR) is 90.3 cm³/mol. The van der Waals surface area contributed by atoms with Gasteiger partial charge in [-0.25, -0.2) is 0 Å². The van der Waals surface area contributed by atoms with E-state index in [9.17, 15) is 9.59 Å². The number of amides is 2. The molecule has 2 aromatic rings. The van der Waals surface area contributed by atoms with E-state index in [0.29, 0.717) is 24.2 Å². The molecule has 22 heavy (non-hydrogen) atoms. The summed E-state index contributed by atoms with van der Waals surface area (Å²) in [7, 11) is 0. The molecule has 1 heterocycles. The SMILES string of the molecule is CCN1C(=O)Cc2cc(NC(=O)c3cccc(Br)c3)ccc21. The van der Waals surface area contributed by atoms with Crippen LogP contribution in [0.4, 0.5) is 11.4 Å². The zero-order chi connectivity index (χ0) is 15.7. The van der Waals surface area contributed by atoms with Crippen molar-refractivity contribution in [2.45, 2.75) is 13.3 Å². The van der Waals surface area contributed by atoms with Crippen LogP contribution in [0.15, 0.2) is 46.9 Å². The van der Waals surface area contributed by atoms with Crippen LogP contribution in [0, 0.1) is 0 Å². The Morgan fingerprint density at radius 1 is 1.27 bits per heavy atom. The third-order valence-corrected chi connectivity index (χ3v) is 4.17. The van der Waals surface area contributed by atoms with Crippen LogP contribution in [0.3, 0.4) is 0 Å². The number of nitrogens with zero attached hydrogens (tertiary/aromatic N) is 1. The first kappa shape index (κ1) is 14.8. The zero-order valence-electron chi connectivity index (χ0n) is 12.1. The fourth-order valence-electron chi connectivity index (χ4n) is 2.64. The minimum Gasteiger partial charge on any atom is -0.322 e. The first-order chi connectivity index (χ1) is 10.6. The van der Waals surface area contributed by atoms with Crippen molar-refractivity contribution < 1.29 is 9.59 Å². The Bertz CT molecular complexity index is 758. The lowest BCUT2D eigenvalue weighted by atomic mass is 10.1. The van der Waals surface area contributed by atoms with Crippen molar-refractivity contribution in [3.63, 3.8) is 0 Å². The predicted octanol–water partition coefficient (Wildman–Crippen LogP) is 3.61. The molecule has 0 aliphatic carbocycles. The maximum absolute atomic E-state index is 12.2. The Morgan fingerprint density at radius 3 is 2.82 bits per heavy atom. The van der Waals surface area contributed by atoms with E-state index in [2.05, 4.69) is 21.2 Å². The van der Waals surface area contributed by atoms with Crippen molar-refractivity contribution in [3.8, 4) is 0 Å². The highest BCUT2D eigenvalue weighted by atomic mass is 79.9. The number of halogens is 1. The van der Waals surface area contributed by atoms with E-state index in [0.717, 1.165) is 15.7 Å². The lowest BCUT2D eigenvalue weighted by Gasteiger charge is -2.15. The Hall–Kier alpha value is -2.14. The molecule has 3 rings (SSSR count). The molecule has 1 N–H and O–H groups in total. The largest absolute Gasteiger partial charge is 0.322 e. The molecular weight excluding hydrogens is 344 g/mol. The summed E-state index contributed by atoms with van der Waals surface area (Å²) in [6.45, 7) is 2.62. The van der Waals surface area contributed by atoms with Crippen LogP contribution >= 0.6 is 15.9 Å². The molecule has 112 valence electrons. The highest BCUT2D eigenvalue weighted by molar-refractivity contribution is 9.10. The third kappa shape index (κ3) is 2.76. The number of hydrogen-bond donors (Lipinski definition) is 1. The lowest BCUT2D eigenvalue weighted by Crippen LogP contribution is -2.25. The summed E-state index contributed by atoms with van der Waals surface area (Å²) in [5.41, 5.74) is 3.18. The monoisotopic (exact) mass is 358 g/mol. The summed E-state index contributed by atoms with van der Waals surface area (Å²) in [6.07, 6.45) is 0.393. The molecule has 0 atom stereocenters. The Kier molecular flexibility index (Phi) is 3.98. The van der Waals surface area contributed by atoms with Gasteiger partial charge in [0.1, 0.15) is 0 Å². The van der Waals surface area contributed by atoms with Crippen molar-refractivity contribution in [3.05, 3.63) is 58.1 Å². The van der Waals surface area contributed by atoms with E-state index in [1.165, 1.54) is 0 Å². The molecule has 5 heteroatoms. The standard InChI is InChI=1S/C17H15BrN2O2/c1-2-20-15-7-6-14(9-12(15)10-16(20)21)19-17(22)11-4-3-5-13(18)8-11/h3-9H,2,10H2,1H3,(H,19,22). The van der Waals surface area contributed by atoms with Gasteiger partial charge in [0.2, 0.25) is 5.91 Å². The molecule has 0 fully saturated rings. The van der Waals surface area contributed by atoms with Gasteiger partial charge < -0.3 is 10.2 Å². The van der Waals surface area contributed by atoms with Crippen LogP contribution in [-0.2, 0) is 11.2 Å². The first-order valence-electron chi connectivity index (χ1n) is 7.08. The highest BCUT2D eigenvalue weighted by Crippen LogP contribution is 2.31. The fourth-order valence-corrected chi connectivity index (χ4v) is 3.04. The van der Waals surface area contributed by atoms with E-state index >= 15 is 0 Å². The lowest BCUT2D eigenvalue weighted by molar-refractivity contribution is -0.117. The number of nitrogens with one attached hydrogen (secondary N) is 1. The number of carbonyl (C=O) groups is 2. The molecule has 0 bridgehead atoms. The number of benzene rings is 2. The maximum Gasteiger partial charge on any atom is 0.255 e. The number of hydrogen-bond acceptors (Lipinski definition) is 2. The molecule has 0 radical (unpaired) electrons. The van der Waals surface area contributed by atoms with Gasteiger partial charge in [-0.15, -0.1) is 0 Å². The van der Waals surface area contributed by atoms with E-state index < -0.39 is 0 Å². The summed E-state index contributed by atoms with van der Waals surface area (Å²) < 4.78 is 0.860. The molecular formula is C17H15BrN2O2. The second-order valence-electron chi connectivity index (χ2n) is 5.12. The summed E-state index contributed by atoms with van der Waals surface area (Å²) in [6, 6.07) is 12.8. The number of rotatable bonds is 3. The van der Waals surface area contributed by atoms with Crippen LogP contribution in [0.1, 0.15) is 22.8 Å². The van der Waals surface area contributed by atoms with Gasteiger partial charge in [0.15, 0.2) is 0 Å². The van der Waals surface area contributed by atoms with E-state index in [4.69, 9.17) is 0 Å².